The molecule has 0 aliphatic carbocycles. The number of rotatable bonds is 2. The number of amides is 2. The molecule has 0 aromatic heterocycles. The van der Waals surface area contributed by atoms with Crippen LogP contribution >= 0.6 is 12.2 Å². The molecule has 0 bridgehead atoms. The molecule has 4 heteroatoms. The van der Waals surface area contributed by atoms with E-state index in [1.165, 1.54) is 0 Å². The lowest BCUT2D eigenvalue weighted by Crippen LogP contribution is -2.35. The second kappa shape index (κ2) is 4.14. The molecule has 1 aromatic rings. The Morgan fingerprint density at radius 3 is 2.50 bits per heavy atom. The zero-order valence-corrected chi connectivity index (χ0v) is 9.71. The largest absolute Gasteiger partial charge is 0.274 e. The SMILES string of the molecule is CCCC(=O)N1C(=O)c2ccccc2C1=S. The van der Waals surface area contributed by atoms with E-state index in [1.54, 1.807) is 18.2 Å². The second-order valence-electron chi connectivity index (χ2n) is 3.64. The van der Waals surface area contributed by atoms with Crippen molar-refractivity contribution >= 4 is 29.0 Å². The van der Waals surface area contributed by atoms with Gasteiger partial charge in [0.15, 0.2) is 0 Å². The van der Waals surface area contributed by atoms with Gasteiger partial charge >= 0.3 is 0 Å². The van der Waals surface area contributed by atoms with Crippen LogP contribution in [0.25, 0.3) is 0 Å². The molecule has 0 N–H and O–H groups in total. The maximum Gasteiger partial charge on any atom is 0.266 e. The summed E-state index contributed by atoms with van der Waals surface area (Å²) in [5, 5.41) is 0. The van der Waals surface area contributed by atoms with Crippen LogP contribution in [0.15, 0.2) is 24.3 Å². The maximum atomic E-state index is 11.9. The summed E-state index contributed by atoms with van der Waals surface area (Å²) in [7, 11) is 0. The first-order chi connectivity index (χ1) is 7.66. The molecule has 0 radical (unpaired) electrons. The first-order valence-corrected chi connectivity index (χ1v) is 5.58. The molecule has 1 aromatic carbocycles. The van der Waals surface area contributed by atoms with Crippen molar-refractivity contribution in [1.82, 2.24) is 4.90 Å². The lowest BCUT2D eigenvalue weighted by Gasteiger charge is -2.12. The van der Waals surface area contributed by atoms with Crippen LogP contribution < -0.4 is 0 Å². The van der Waals surface area contributed by atoms with Gasteiger partial charge in [0.05, 0.1) is 5.56 Å². The van der Waals surface area contributed by atoms with E-state index < -0.39 is 0 Å². The van der Waals surface area contributed by atoms with Gasteiger partial charge in [-0.2, -0.15) is 0 Å². The average Bonchev–Trinajstić information content (AvgIpc) is 2.53. The Hall–Kier alpha value is -1.55. The van der Waals surface area contributed by atoms with Crippen molar-refractivity contribution < 1.29 is 9.59 Å². The van der Waals surface area contributed by atoms with Gasteiger partial charge in [-0.15, -0.1) is 0 Å². The highest BCUT2D eigenvalue weighted by molar-refractivity contribution is 7.80. The maximum absolute atomic E-state index is 11.9. The van der Waals surface area contributed by atoms with E-state index in [9.17, 15) is 9.59 Å². The van der Waals surface area contributed by atoms with Crippen molar-refractivity contribution in [1.29, 1.82) is 0 Å². The Morgan fingerprint density at radius 2 is 1.94 bits per heavy atom. The van der Waals surface area contributed by atoms with Gasteiger partial charge in [-0.25, -0.2) is 4.90 Å². The first kappa shape index (κ1) is 11.0. The van der Waals surface area contributed by atoms with Crippen molar-refractivity contribution in [3.8, 4) is 0 Å². The highest BCUT2D eigenvalue weighted by Gasteiger charge is 2.35. The molecular formula is C12H11NO2S. The average molecular weight is 233 g/mol. The van der Waals surface area contributed by atoms with Crippen molar-refractivity contribution in [2.24, 2.45) is 0 Å². The third kappa shape index (κ3) is 1.55. The van der Waals surface area contributed by atoms with Crippen LogP contribution in [0.1, 0.15) is 35.7 Å². The second-order valence-corrected chi connectivity index (χ2v) is 4.02. The number of fused-ring (bicyclic) bond motifs is 1. The van der Waals surface area contributed by atoms with Crippen LogP contribution in [0.3, 0.4) is 0 Å². The Balaban J connectivity index is 2.39. The number of hydrogen-bond acceptors (Lipinski definition) is 3. The molecule has 0 saturated heterocycles. The molecule has 3 nitrogen and oxygen atoms in total. The van der Waals surface area contributed by atoms with Crippen LogP contribution in [-0.2, 0) is 4.79 Å². The van der Waals surface area contributed by atoms with Crippen molar-refractivity contribution in [3.05, 3.63) is 35.4 Å². The van der Waals surface area contributed by atoms with E-state index in [1.807, 2.05) is 13.0 Å². The first-order valence-electron chi connectivity index (χ1n) is 5.17. The van der Waals surface area contributed by atoms with Gasteiger partial charge in [-0.05, 0) is 12.5 Å². The molecule has 1 aliphatic rings. The molecule has 2 amide bonds. The van der Waals surface area contributed by atoms with Crippen molar-refractivity contribution in [3.63, 3.8) is 0 Å². The lowest BCUT2D eigenvalue weighted by molar-refractivity contribution is -0.125. The third-order valence-electron chi connectivity index (χ3n) is 2.51. The van der Waals surface area contributed by atoms with Gasteiger partial charge < -0.3 is 0 Å². The van der Waals surface area contributed by atoms with E-state index in [-0.39, 0.29) is 11.8 Å². The number of carbonyl (C=O) groups excluding carboxylic acids is 2. The Kier molecular flexibility index (Phi) is 2.83. The fraction of sp³-hybridized carbons (Fsp3) is 0.250. The van der Waals surface area contributed by atoms with Crippen LogP contribution in [-0.4, -0.2) is 21.7 Å². The molecule has 0 spiro atoms. The molecule has 1 aliphatic heterocycles. The van der Waals surface area contributed by atoms with Crippen LogP contribution in [0.2, 0.25) is 0 Å². The van der Waals surface area contributed by atoms with Crippen molar-refractivity contribution in [2.75, 3.05) is 0 Å². The molecule has 0 unspecified atom stereocenters. The summed E-state index contributed by atoms with van der Waals surface area (Å²) in [6.45, 7) is 1.90. The highest BCUT2D eigenvalue weighted by Crippen LogP contribution is 2.24. The van der Waals surface area contributed by atoms with E-state index in [4.69, 9.17) is 12.2 Å². The predicted octanol–water partition coefficient (Wildman–Crippen LogP) is 2.14. The molecule has 82 valence electrons. The number of hydrogen-bond donors (Lipinski definition) is 0. The monoisotopic (exact) mass is 233 g/mol. The van der Waals surface area contributed by atoms with Crippen LogP contribution in [0.5, 0.6) is 0 Å². The van der Waals surface area contributed by atoms with Gasteiger partial charge in [-0.1, -0.05) is 37.3 Å². The smallest absolute Gasteiger partial charge is 0.266 e. The van der Waals surface area contributed by atoms with E-state index >= 15 is 0 Å². The molecular weight excluding hydrogens is 222 g/mol. The Bertz CT molecular complexity index is 447. The fourth-order valence-corrected chi connectivity index (χ4v) is 2.10. The summed E-state index contributed by atoms with van der Waals surface area (Å²) in [5.74, 6) is -0.507. The van der Waals surface area contributed by atoms with E-state index in [0.717, 1.165) is 4.90 Å². The topological polar surface area (TPSA) is 37.4 Å². The lowest BCUT2D eigenvalue weighted by atomic mass is 10.1. The summed E-state index contributed by atoms with van der Waals surface area (Å²) in [6.07, 6.45) is 1.06. The predicted molar refractivity (Wildman–Crippen MR) is 64.2 cm³/mol. The summed E-state index contributed by atoms with van der Waals surface area (Å²) in [4.78, 5) is 25.1. The van der Waals surface area contributed by atoms with Gasteiger partial charge in [0.1, 0.15) is 4.99 Å². The summed E-state index contributed by atoms with van der Waals surface area (Å²) >= 11 is 5.15. The molecule has 2 rings (SSSR count). The zero-order valence-electron chi connectivity index (χ0n) is 8.90. The standard InChI is InChI=1S/C12H11NO2S/c1-2-5-10(14)13-11(15)8-6-3-4-7-9(8)12(13)16/h3-4,6-7H,2,5H2,1H3. The van der Waals surface area contributed by atoms with Gasteiger partial charge in [0.25, 0.3) is 5.91 Å². The Morgan fingerprint density at radius 1 is 1.31 bits per heavy atom. The van der Waals surface area contributed by atoms with Gasteiger partial charge in [-0.3, -0.25) is 9.59 Å². The number of nitrogens with zero attached hydrogens (tertiary/aromatic N) is 1. The number of imide groups is 1. The highest BCUT2D eigenvalue weighted by atomic mass is 32.1. The van der Waals surface area contributed by atoms with Gasteiger partial charge in [0, 0.05) is 12.0 Å². The Labute approximate surface area is 99.1 Å². The minimum absolute atomic E-state index is 0.214. The number of benzene rings is 1. The van der Waals surface area contributed by atoms with Crippen LogP contribution in [0, 0.1) is 0 Å². The number of carbonyl (C=O) groups is 2. The minimum Gasteiger partial charge on any atom is -0.274 e. The molecule has 16 heavy (non-hydrogen) atoms. The quantitative estimate of drug-likeness (QED) is 0.734. The minimum atomic E-state index is -0.293. The normalized spacial score (nSPS) is 14.2. The van der Waals surface area contributed by atoms with E-state index in [2.05, 4.69) is 0 Å². The summed E-state index contributed by atoms with van der Waals surface area (Å²) < 4.78 is 0. The van der Waals surface area contributed by atoms with Gasteiger partial charge in [0.2, 0.25) is 5.91 Å². The molecule has 0 atom stereocenters. The fourth-order valence-electron chi connectivity index (χ4n) is 1.74. The number of thiocarbonyl (C=S) groups is 1. The summed E-state index contributed by atoms with van der Waals surface area (Å²) in [5.41, 5.74) is 1.21. The molecule has 1 heterocycles. The van der Waals surface area contributed by atoms with E-state index in [0.29, 0.717) is 29.0 Å². The zero-order chi connectivity index (χ0) is 11.7. The molecule has 0 saturated carbocycles. The summed E-state index contributed by atoms with van der Waals surface area (Å²) in [6, 6.07) is 7.05. The van der Waals surface area contributed by atoms with Crippen LogP contribution in [0.4, 0.5) is 0 Å². The van der Waals surface area contributed by atoms with Crippen molar-refractivity contribution in [2.45, 2.75) is 19.8 Å². The molecule has 0 fully saturated rings. The third-order valence-corrected chi connectivity index (χ3v) is 2.91.